The van der Waals surface area contributed by atoms with E-state index in [1.807, 2.05) is 6.21 Å². The van der Waals surface area contributed by atoms with Gasteiger partial charge >= 0.3 is 12.2 Å². The monoisotopic (exact) mass is 516 g/mol. The number of aliphatic imine (C=N–C) groups is 1. The van der Waals surface area contributed by atoms with Gasteiger partial charge in [0.05, 0.1) is 11.6 Å². The van der Waals surface area contributed by atoms with Gasteiger partial charge in [-0.1, -0.05) is 36.2 Å². The van der Waals surface area contributed by atoms with Crippen LogP contribution in [-0.2, 0) is 6.18 Å². The van der Waals surface area contributed by atoms with Crippen molar-refractivity contribution in [2.45, 2.75) is 44.1 Å². The van der Waals surface area contributed by atoms with E-state index in [1.54, 1.807) is 40.1 Å². The highest BCUT2D eigenvalue weighted by atomic mass is 35.5. The van der Waals surface area contributed by atoms with Crippen molar-refractivity contribution in [1.29, 1.82) is 0 Å². The number of halogens is 4. The Kier molecular flexibility index (Phi) is 7.08. The Morgan fingerprint density at radius 1 is 1.03 bits per heavy atom. The van der Waals surface area contributed by atoms with Crippen LogP contribution in [0, 0.1) is 0 Å². The van der Waals surface area contributed by atoms with Crippen LogP contribution in [-0.4, -0.2) is 54.4 Å². The number of amides is 2. The predicted octanol–water partition coefficient (Wildman–Crippen LogP) is 6.56. The molecule has 0 bridgehead atoms. The summed E-state index contributed by atoms with van der Waals surface area (Å²) in [6.07, 6.45) is 4.12. The van der Waals surface area contributed by atoms with Crippen molar-refractivity contribution in [3.8, 4) is 0 Å². The van der Waals surface area contributed by atoms with E-state index >= 15 is 0 Å². The summed E-state index contributed by atoms with van der Waals surface area (Å²) < 4.78 is 40.3. The topological polar surface area (TPSA) is 39.2 Å². The molecule has 1 unspecified atom stereocenters. The molecule has 0 spiro atoms. The molecule has 3 aliphatic heterocycles. The largest absolute Gasteiger partial charge is 0.416 e. The number of benzene rings is 2. The molecule has 2 fully saturated rings. The Labute approximate surface area is 213 Å². The third kappa shape index (κ3) is 5.30. The first-order valence-corrected chi connectivity index (χ1v) is 12.6. The van der Waals surface area contributed by atoms with Gasteiger partial charge in [-0.05, 0) is 60.4 Å². The molecule has 2 aromatic carbocycles. The van der Waals surface area contributed by atoms with Crippen LogP contribution < -0.4 is 4.90 Å². The van der Waals surface area contributed by atoms with Crippen LogP contribution in [0.25, 0.3) is 0 Å². The third-order valence-corrected chi connectivity index (χ3v) is 7.33. The molecular weight excluding hydrogens is 489 g/mol. The number of alkyl halides is 3. The van der Waals surface area contributed by atoms with Gasteiger partial charge in [-0.25, -0.2) is 4.79 Å². The van der Waals surface area contributed by atoms with Crippen molar-refractivity contribution in [2.75, 3.05) is 31.1 Å². The Bertz CT molecular complexity index is 1160. The van der Waals surface area contributed by atoms with Gasteiger partial charge in [-0.2, -0.15) is 13.2 Å². The van der Waals surface area contributed by atoms with Crippen molar-refractivity contribution in [3.05, 3.63) is 76.3 Å². The van der Waals surface area contributed by atoms with Gasteiger partial charge in [0.1, 0.15) is 6.17 Å². The molecule has 2 aromatic rings. The SMILES string of the molecule is O=C1N(CC2=CCC(N3CCCCC3)N=C2)C[C@H](c2cccc(C(F)(F)F)c2)N1c1ccc(Cl)cc1. The zero-order valence-corrected chi connectivity index (χ0v) is 20.5. The molecular formula is C27H28ClF3N4O. The van der Waals surface area contributed by atoms with Gasteiger partial charge in [-0.3, -0.25) is 14.8 Å². The van der Waals surface area contributed by atoms with Gasteiger partial charge in [0.25, 0.3) is 0 Å². The zero-order valence-electron chi connectivity index (χ0n) is 19.8. The summed E-state index contributed by atoms with van der Waals surface area (Å²) in [5.74, 6) is 0. The highest BCUT2D eigenvalue weighted by Gasteiger charge is 2.40. The summed E-state index contributed by atoms with van der Waals surface area (Å²) in [6.45, 7) is 2.74. The highest BCUT2D eigenvalue weighted by molar-refractivity contribution is 6.30. The minimum Gasteiger partial charge on any atom is -0.318 e. The molecule has 3 aliphatic rings. The number of urea groups is 1. The van der Waals surface area contributed by atoms with Crippen LogP contribution in [0.3, 0.4) is 0 Å². The summed E-state index contributed by atoms with van der Waals surface area (Å²) in [5.41, 5.74) is 1.24. The van der Waals surface area contributed by atoms with Crippen molar-refractivity contribution in [3.63, 3.8) is 0 Å². The van der Waals surface area contributed by atoms with Crippen LogP contribution in [0.4, 0.5) is 23.7 Å². The fourth-order valence-electron chi connectivity index (χ4n) is 5.19. The van der Waals surface area contributed by atoms with Crippen LogP contribution in [0.15, 0.2) is 65.2 Å². The minimum absolute atomic E-state index is 0.145. The summed E-state index contributed by atoms with van der Waals surface area (Å²) in [6, 6.07) is 11.2. The molecule has 2 saturated heterocycles. The number of carbonyl (C=O) groups is 1. The molecule has 5 rings (SSSR count). The molecule has 9 heteroatoms. The molecule has 0 saturated carbocycles. The third-order valence-electron chi connectivity index (χ3n) is 7.07. The highest BCUT2D eigenvalue weighted by Crippen LogP contribution is 2.38. The Morgan fingerprint density at radius 2 is 1.78 bits per heavy atom. The van der Waals surface area contributed by atoms with E-state index in [4.69, 9.17) is 16.6 Å². The predicted molar refractivity (Wildman–Crippen MR) is 135 cm³/mol. The van der Waals surface area contributed by atoms with E-state index in [2.05, 4.69) is 11.0 Å². The summed E-state index contributed by atoms with van der Waals surface area (Å²) in [5, 5.41) is 0.518. The van der Waals surface area contributed by atoms with Gasteiger partial charge in [0.2, 0.25) is 0 Å². The van der Waals surface area contributed by atoms with E-state index in [-0.39, 0.29) is 18.7 Å². The molecule has 0 N–H and O–H groups in total. The fourth-order valence-corrected chi connectivity index (χ4v) is 5.32. The number of carbonyl (C=O) groups excluding carboxylic acids is 1. The van der Waals surface area contributed by atoms with Gasteiger partial charge < -0.3 is 4.90 Å². The number of rotatable bonds is 5. The molecule has 2 atom stereocenters. The first kappa shape index (κ1) is 24.8. The second-order valence-corrected chi connectivity index (χ2v) is 9.96. The summed E-state index contributed by atoms with van der Waals surface area (Å²) in [4.78, 5) is 23.9. The van der Waals surface area contributed by atoms with E-state index in [0.717, 1.165) is 37.2 Å². The maximum Gasteiger partial charge on any atom is 0.416 e. The Hall–Kier alpha value is -2.84. The fraction of sp³-hybridized carbons (Fsp3) is 0.407. The van der Waals surface area contributed by atoms with Crippen LogP contribution in [0.2, 0.25) is 5.02 Å². The Morgan fingerprint density at radius 3 is 2.44 bits per heavy atom. The number of likely N-dealkylation sites (tertiary alicyclic amines) is 1. The van der Waals surface area contributed by atoms with Gasteiger partial charge in [-0.15, -0.1) is 0 Å². The Balaban J connectivity index is 1.37. The molecule has 5 nitrogen and oxygen atoms in total. The molecule has 2 amide bonds. The number of nitrogens with zero attached hydrogens (tertiary/aromatic N) is 4. The summed E-state index contributed by atoms with van der Waals surface area (Å²) in [7, 11) is 0. The lowest BCUT2D eigenvalue weighted by Gasteiger charge is -2.33. The maximum atomic E-state index is 13.6. The maximum absolute atomic E-state index is 13.6. The normalized spacial score (nSPS) is 23.3. The average molecular weight is 517 g/mol. The van der Waals surface area contributed by atoms with Gasteiger partial charge in [0.15, 0.2) is 0 Å². The van der Waals surface area contributed by atoms with Crippen LogP contribution in [0.1, 0.15) is 42.9 Å². The van der Waals surface area contributed by atoms with Gasteiger partial charge in [0, 0.05) is 49.5 Å². The average Bonchev–Trinajstić information content (AvgIpc) is 3.21. The first-order chi connectivity index (χ1) is 17.3. The smallest absolute Gasteiger partial charge is 0.318 e. The van der Waals surface area contributed by atoms with E-state index < -0.39 is 17.8 Å². The minimum atomic E-state index is -4.46. The number of hydrogen-bond donors (Lipinski definition) is 0. The molecule has 36 heavy (non-hydrogen) atoms. The first-order valence-electron chi connectivity index (χ1n) is 12.3. The molecule has 0 radical (unpaired) electrons. The molecule has 3 heterocycles. The zero-order chi connectivity index (χ0) is 25.3. The van der Waals surface area contributed by atoms with E-state index in [0.29, 0.717) is 22.8 Å². The van der Waals surface area contributed by atoms with Crippen molar-refractivity contribution in [1.82, 2.24) is 9.80 Å². The van der Waals surface area contributed by atoms with Crippen LogP contribution in [0.5, 0.6) is 0 Å². The second-order valence-electron chi connectivity index (χ2n) is 9.52. The number of anilines is 1. The number of dihydropyridines is 1. The lowest BCUT2D eigenvalue weighted by molar-refractivity contribution is -0.137. The van der Waals surface area contributed by atoms with E-state index in [1.165, 1.54) is 25.3 Å². The number of hydrogen-bond acceptors (Lipinski definition) is 3. The number of piperidine rings is 1. The molecule has 190 valence electrons. The standard InChI is InChI=1S/C27H28ClF3N4O/c28-22-8-10-23(11-9-22)35-24(20-5-4-6-21(15-20)27(29,30)31)18-34(26(35)36)17-19-7-12-25(32-16-19)33-13-2-1-3-14-33/h4-11,15-16,24-25H,1-3,12-14,17-18H2/t24-,25?/m1/s1. The quantitative estimate of drug-likeness (QED) is 0.452. The molecule has 0 aliphatic carbocycles. The molecule has 0 aromatic heterocycles. The van der Waals surface area contributed by atoms with Crippen LogP contribution >= 0.6 is 11.6 Å². The van der Waals surface area contributed by atoms with Crippen molar-refractivity contribution in [2.24, 2.45) is 4.99 Å². The lowest BCUT2D eigenvalue weighted by atomic mass is 10.0. The second kappa shape index (κ2) is 10.3. The van der Waals surface area contributed by atoms with Crippen molar-refractivity contribution >= 4 is 29.5 Å². The van der Waals surface area contributed by atoms with E-state index in [9.17, 15) is 18.0 Å². The summed E-state index contributed by atoms with van der Waals surface area (Å²) >= 11 is 6.04. The lowest BCUT2D eigenvalue weighted by Crippen LogP contribution is -2.39. The van der Waals surface area contributed by atoms with Crippen molar-refractivity contribution < 1.29 is 18.0 Å².